The fourth-order valence-corrected chi connectivity index (χ4v) is 4.02. The minimum Gasteiger partial charge on any atom is -0.504 e. The van der Waals surface area contributed by atoms with E-state index in [1.807, 2.05) is 19.1 Å². The van der Waals surface area contributed by atoms with Gasteiger partial charge < -0.3 is 14.9 Å². The fraction of sp³-hybridized carbons (Fsp3) is 0.125. The van der Waals surface area contributed by atoms with Crippen LogP contribution in [0.25, 0.3) is 17.1 Å². The Balaban J connectivity index is 1.67. The van der Waals surface area contributed by atoms with Gasteiger partial charge in [0.25, 0.3) is 0 Å². The normalized spacial score (nSPS) is 10.8. The second-order valence-corrected chi connectivity index (χ2v) is 7.91. The first-order valence-corrected chi connectivity index (χ1v) is 11.1. The molecule has 0 amide bonds. The molecule has 0 saturated heterocycles. The number of ether oxygens (including phenoxy) is 1. The number of para-hydroxylation sites is 1. The van der Waals surface area contributed by atoms with E-state index in [2.05, 4.69) is 10.2 Å². The first-order valence-electron chi connectivity index (χ1n) is 10.1. The number of phenolic OH excluding ortho intramolecular Hbond substituents is 2. The van der Waals surface area contributed by atoms with Gasteiger partial charge in [-0.1, -0.05) is 23.9 Å². The summed E-state index contributed by atoms with van der Waals surface area (Å²) in [6.45, 7) is 2.44. The van der Waals surface area contributed by atoms with Crippen LogP contribution in [0.5, 0.6) is 17.2 Å². The number of rotatable bonds is 8. The summed E-state index contributed by atoms with van der Waals surface area (Å²) in [5, 5.41) is 27.9. The molecule has 2 N–H and O–H groups in total. The van der Waals surface area contributed by atoms with E-state index in [1.54, 1.807) is 34.9 Å². The maximum atomic E-state index is 14.7. The van der Waals surface area contributed by atoms with Crippen molar-refractivity contribution in [3.05, 3.63) is 78.1 Å². The van der Waals surface area contributed by atoms with Gasteiger partial charge in [0.15, 0.2) is 28.3 Å². The van der Waals surface area contributed by atoms with Crippen molar-refractivity contribution in [3.63, 3.8) is 0 Å². The second-order valence-electron chi connectivity index (χ2n) is 6.97. The maximum absolute atomic E-state index is 14.7. The molecule has 0 aliphatic rings. The summed E-state index contributed by atoms with van der Waals surface area (Å²) in [5.74, 6) is -0.338. The van der Waals surface area contributed by atoms with Gasteiger partial charge in [0.1, 0.15) is 11.6 Å². The van der Waals surface area contributed by atoms with Crippen molar-refractivity contribution < 1.29 is 24.1 Å². The molecule has 0 fully saturated rings. The Kier molecular flexibility index (Phi) is 6.60. The third-order valence-electron chi connectivity index (χ3n) is 4.78. The summed E-state index contributed by atoms with van der Waals surface area (Å²) < 4.78 is 21.8. The maximum Gasteiger partial charge on any atom is 0.196 e. The number of carbonyl (C=O) groups excluding carboxylic acids is 1. The number of halogens is 1. The Hall–Kier alpha value is -3.85. The van der Waals surface area contributed by atoms with Gasteiger partial charge >= 0.3 is 0 Å². The van der Waals surface area contributed by atoms with Crippen LogP contribution in [0.4, 0.5) is 4.39 Å². The molecule has 0 unspecified atom stereocenters. The highest BCUT2D eigenvalue weighted by molar-refractivity contribution is 7.99. The lowest BCUT2D eigenvalue weighted by Gasteiger charge is -2.11. The number of Topliss-reactive ketones (excluding diaryl/α,β-unsaturated/α-hetero) is 1. The topological polar surface area (TPSA) is 97.5 Å². The monoisotopic (exact) mass is 465 g/mol. The Morgan fingerprint density at radius 3 is 2.48 bits per heavy atom. The molecular formula is C24H20FN3O4S. The molecule has 0 aliphatic heterocycles. The number of nitrogens with zero attached hydrogens (tertiary/aromatic N) is 3. The molecule has 0 atom stereocenters. The summed E-state index contributed by atoms with van der Waals surface area (Å²) in [4.78, 5) is 12.6. The highest BCUT2D eigenvalue weighted by atomic mass is 32.2. The molecule has 0 bridgehead atoms. The zero-order chi connectivity index (χ0) is 23.4. The highest BCUT2D eigenvalue weighted by Crippen LogP contribution is 2.31. The number of hydrogen-bond donors (Lipinski definition) is 2. The third kappa shape index (κ3) is 4.83. The predicted octanol–water partition coefficient (Wildman–Crippen LogP) is 4.86. The standard InChI is InChI=1S/C24H20FN3O4S/c1-2-32-17-10-7-15(8-11-17)23-26-27-24(28(23)19-6-4-3-5-18(19)25)33-14-22(31)16-9-12-20(29)21(30)13-16/h3-13,29-30H,2,14H2,1H3. The Morgan fingerprint density at radius 2 is 1.79 bits per heavy atom. The van der Waals surface area contributed by atoms with Crippen LogP contribution in [0, 0.1) is 5.82 Å². The molecular weight excluding hydrogens is 445 g/mol. The van der Waals surface area contributed by atoms with Crippen molar-refractivity contribution in [2.75, 3.05) is 12.4 Å². The lowest BCUT2D eigenvalue weighted by Crippen LogP contribution is -2.06. The minimum atomic E-state index is -0.457. The van der Waals surface area contributed by atoms with E-state index < -0.39 is 5.82 Å². The van der Waals surface area contributed by atoms with E-state index in [9.17, 15) is 19.4 Å². The average Bonchev–Trinajstić information content (AvgIpc) is 3.24. The van der Waals surface area contributed by atoms with E-state index in [0.717, 1.165) is 11.8 Å². The van der Waals surface area contributed by atoms with Gasteiger partial charge in [-0.2, -0.15) is 0 Å². The van der Waals surface area contributed by atoms with Crippen LogP contribution in [-0.4, -0.2) is 43.1 Å². The molecule has 168 valence electrons. The van der Waals surface area contributed by atoms with Gasteiger partial charge in [-0.3, -0.25) is 9.36 Å². The van der Waals surface area contributed by atoms with Gasteiger partial charge in [-0.25, -0.2) is 4.39 Å². The Labute approximate surface area is 193 Å². The van der Waals surface area contributed by atoms with Crippen molar-refractivity contribution in [2.24, 2.45) is 0 Å². The van der Waals surface area contributed by atoms with Crippen LogP contribution in [0.2, 0.25) is 0 Å². The number of ketones is 1. The fourth-order valence-electron chi connectivity index (χ4n) is 3.18. The van der Waals surface area contributed by atoms with Gasteiger partial charge in [0.2, 0.25) is 0 Å². The van der Waals surface area contributed by atoms with Crippen molar-refractivity contribution in [1.29, 1.82) is 0 Å². The lowest BCUT2D eigenvalue weighted by atomic mass is 10.1. The molecule has 3 aromatic carbocycles. The van der Waals surface area contributed by atoms with Crippen LogP contribution in [0.1, 0.15) is 17.3 Å². The molecule has 9 heteroatoms. The van der Waals surface area contributed by atoms with E-state index in [0.29, 0.717) is 28.9 Å². The number of aromatic nitrogens is 3. The number of thioether (sulfide) groups is 1. The Morgan fingerprint density at radius 1 is 1.03 bits per heavy atom. The van der Waals surface area contributed by atoms with E-state index in [-0.39, 0.29) is 34.3 Å². The molecule has 0 spiro atoms. The smallest absolute Gasteiger partial charge is 0.196 e. The Bertz CT molecular complexity index is 1290. The predicted molar refractivity (Wildman–Crippen MR) is 123 cm³/mol. The van der Waals surface area contributed by atoms with E-state index >= 15 is 0 Å². The van der Waals surface area contributed by atoms with Crippen molar-refractivity contribution in [3.8, 4) is 34.3 Å². The zero-order valence-electron chi connectivity index (χ0n) is 17.6. The zero-order valence-corrected chi connectivity index (χ0v) is 18.4. The highest BCUT2D eigenvalue weighted by Gasteiger charge is 2.20. The SMILES string of the molecule is CCOc1ccc(-c2nnc(SCC(=O)c3ccc(O)c(O)c3)n2-c2ccccc2F)cc1. The van der Waals surface area contributed by atoms with Gasteiger partial charge in [0, 0.05) is 11.1 Å². The molecule has 7 nitrogen and oxygen atoms in total. The van der Waals surface area contributed by atoms with Crippen LogP contribution >= 0.6 is 11.8 Å². The molecule has 4 rings (SSSR count). The average molecular weight is 466 g/mol. The number of hydrogen-bond acceptors (Lipinski definition) is 7. The molecule has 1 heterocycles. The first kappa shape index (κ1) is 22.3. The van der Waals surface area contributed by atoms with Crippen molar-refractivity contribution in [1.82, 2.24) is 14.8 Å². The van der Waals surface area contributed by atoms with Crippen molar-refractivity contribution in [2.45, 2.75) is 12.1 Å². The minimum absolute atomic E-state index is 0.0277. The van der Waals surface area contributed by atoms with Crippen LogP contribution in [0.15, 0.2) is 71.9 Å². The molecule has 1 aromatic heterocycles. The van der Waals surface area contributed by atoms with Crippen LogP contribution in [0.3, 0.4) is 0 Å². The van der Waals surface area contributed by atoms with E-state index in [4.69, 9.17) is 4.74 Å². The number of benzene rings is 3. The van der Waals surface area contributed by atoms with Gasteiger partial charge in [-0.05, 0) is 61.5 Å². The lowest BCUT2D eigenvalue weighted by molar-refractivity contribution is 0.102. The number of carbonyl (C=O) groups is 1. The number of phenols is 2. The molecule has 0 aliphatic carbocycles. The first-order chi connectivity index (χ1) is 16.0. The quantitative estimate of drug-likeness (QED) is 0.218. The molecule has 33 heavy (non-hydrogen) atoms. The summed E-state index contributed by atoms with van der Waals surface area (Å²) in [6, 6.07) is 17.3. The molecule has 0 saturated carbocycles. The third-order valence-corrected chi connectivity index (χ3v) is 5.71. The van der Waals surface area contributed by atoms with Crippen LogP contribution < -0.4 is 4.74 Å². The summed E-state index contributed by atoms with van der Waals surface area (Å²) >= 11 is 1.09. The molecule has 4 aromatic rings. The largest absolute Gasteiger partial charge is 0.504 e. The van der Waals surface area contributed by atoms with E-state index in [1.165, 1.54) is 24.3 Å². The van der Waals surface area contributed by atoms with Gasteiger partial charge in [-0.15, -0.1) is 10.2 Å². The van der Waals surface area contributed by atoms with Crippen molar-refractivity contribution >= 4 is 17.5 Å². The summed E-state index contributed by atoms with van der Waals surface area (Å²) in [5.41, 5.74) is 1.20. The summed E-state index contributed by atoms with van der Waals surface area (Å²) in [7, 11) is 0. The number of aromatic hydroxyl groups is 2. The van der Waals surface area contributed by atoms with Crippen LogP contribution in [-0.2, 0) is 0 Å². The molecule has 0 radical (unpaired) electrons. The van der Waals surface area contributed by atoms with Gasteiger partial charge in [0.05, 0.1) is 18.0 Å². The second kappa shape index (κ2) is 9.74. The summed E-state index contributed by atoms with van der Waals surface area (Å²) in [6.07, 6.45) is 0.